The highest BCUT2D eigenvalue weighted by Crippen LogP contribution is 2.41. The first-order valence-electron chi connectivity index (χ1n) is 22.1. The molecule has 302 valence electrons. The van der Waals surface area contributed by atoms with E-state index in [0.717, 1.165) is 83.5 Å². The van der Waals surface area contributed by atoms with Gasteiger partial charge in [-0.15, -0.1) is 0 Å². The van der Waals surface area contributed by atoms with E-state index in [0.29, 0.717) is 5.56 Å². The zero-order valence-electron chi connectivity index (χ0n) is 35.2. The maximum atomic E-state index is 11.4. The third kappa shape index (κ3) is 5.70. The molecule has 0 saturated carbocycles. The van der Waals surface area contributed by atoms with E-state index in [4.69, 9.17) is 0 Å². The van der Waals surface area contributed by atoms with Crippen LogP contribution in [0.15, 0.2) is 231 Å². The number of rotatable bonds is 6. The molecule has 0 spiro atoms. The first kappa shape index (κ1) is 36.7. The van der Waals surface area contributed by atoms with Crippen LogP contribution in [0.5, 0.6) is 0 Å². The van der Waals surface area contributed by atoms with Crippen molar-refractivity contribution in [3.8, 4) is 56.5 Å². The molecule has 0 fully saturated rings. The SMILES string of the molecule is N#Cc1c(-c2cccc(-n3c4ccccc4c4ccccc43)c2)cc(-c2cccc(-n3c4ccccc4c4ccccc43)c2)cc1-c1cccc(-n2c3ccccc3c3ccccc32)c1. The molecule has 0 N–H and O–H groups in total. The molecule has 0 unspecified atom stereocenters. The second-order valence-corrected chi connectivity index (χ2v) is 16.8. The van der Waals surface area contributed by atoms with Crippen molar-refractivity contribution in [2.45, 2.75) is 0 Å². The highest BCUT2D eigenvalue weighted by Gasteiger charge is 2.20. The smallest absolute Gasteiger partial charge is 0.100 e. The van der Waals surface area contributed by atoms with Gasteiger partial charge >= 0.3 is 0 Å². The Labute approximate surface area is 375 Å². The van der Waals surface area contributed by atoms with Gasteiger partial charge in [-0.1, -0.05) is 146 Å². The van der Waals surface area contributed by atoms with Crippen molar-refractivity contribution in [3.63, 3.8) is 0 Å². The molecule has 3 aromatic heterocycles. The van der Waals surface area contributed by atoms with Gasteiger partial charge in [0, 0.05) is 60.5 Å². The molecule has 3 heterocycles. The predicted octanol–water partition coefficient (Wildman–Crippen LogP) is 15.9. The summed E-state index contributed by atoms with van der Waals surface area (Å²) in [5.74, 6) is 0. The van der Waals surface area contributed by atoms with Crippen molar-refractivity contribution >= 4 is 65.4 Å². The van der Waals surface area contributed by atoms with Crippen molar-refractivity contribution < 1.29 is 0 Å². The Balaban J connectivity index is 1.05. The molecule has 0 bridgehead atoms. The summed E-state index contributed by atoms with van der Waals surface area (Å²) < 4.78 is 7.05. The molecular weight excluding hydrogens is 789 g/mol. The number of benzene rings is 10. The monoisotopic (exact) mass is 826 g/mol. The van der Waals surface area contributed by atoms with Gasteiger partial charge in [-0.25, -0.2) is 0 Å². The van der Waals surface area contributed by atoms with Crippen molar-refractivity contribution in [2.75, 3.05) is 0 Å². The fourth-order valence-electron chi connectivity index (χ4n) is 10.4. The van der Waals surface area contributed by atoms with Crippen LogP contribution in [0.2, 0.25) is 0 Å². The van der Waals surface area contributed by atoms with Gasteiger partial charge in [-0.3, -0.25) is 0 Å². The Hall–Kier alpha value is -8.91. The molecule has 65 heavy (non-hydrogen) atoms. The van der Waals surface area contributed by atoms with E-state index < -0.39 is 0 Å². The molecule has 0 saturated heterocycles. The van der Waals surface area contributed by atoms with E-state index in [2.05, 4.69) is 250 Å². The largest absolute Gasteiger partial charge is 0.309 e. The summed E-state index contributed by atoms with van der Waals surface area (Å²) in [5.41, 5.74) is 16.5. The molecule has 4 heteroatoms. The summed E-state index contributed by atoms with van der Waals surface area (Å²) in [4.78, 5) is 0. The van der Waals surface area contributed by atoms with E-state index >= 15 is 0 Å². The molecule has 0 atom stereocenters. The number of fused-ring (bicyclic) bond motifs is 9. The standard InChI is InChI=1S/C61H38N4/c62-39-55-53(41-17-14-20-45(35-41)64-58-30-9-3-24-49(58)50-25-4-10-31-59(50)64)37-43(40-16-13-19-44(34-40)63-56-28-7-1-22-47(56)48-23-2-8-29-57(48)63)38-54(55)42-18-15-21-46(36-42)65-60-32-11-5-26-51(60)52-27-6-12-33-61(52)65/h1-38H. The van der Waals surface area contributed by atoms with Crippen molar-refractivity contribution in [1.82, 2.24) is 13.7 Å². The highest BCUT2D eigenvalue weighted by atomic mass is 15.0. The van der Waals surface area contributed by atoms with E-state index in [1.165, 1.54) is 32.3 Å². The Morgan fingerprint density at radius 3 is 0.846 bits per heavy atom. The first-order valence-corrected chi connectivity index (χ1v) is 22.1. The van der Waals surface area contributed by atoms with Gasteiger partial charge in [0.2, 0.25) is 0 Å². The molecule has 13 rings (SSSR count). The number of hydrogen-bond donors (Lipinski definition) is 0. The minimum Gasteiger partial charge on any atom is -0.309 e. The summed E-state index contributed by atoms with van der Waals surface area (Å²) >= 11 is 0. The lowest BCUT2D eigenvalue weighted by Gasteiger charge is -2.17. The van der Waals surface area contributed by atoms with E-state index in [1.54, 1.807) is 0 Å². The van der Waals surface area contributed by atoms with Crippen LogP contribution in [0.25, 0.3) is 116 Å². The predicted molar refractivity (Wildman–Crippen MR) is 270 cm³/mol. The van der Waals surface area contributed by atoms with Crippen LogP contribution in [-0.4, -0.2) is 13.7 Å². The average molecular weight is 827 g/mol. The molecule has 0 amide bonds. The lowest BCUT2D eigenvalue weighted by molar-refractivity contribution is 1.18. The maximum absolute atomic E-state index is 11.4. The average Bonchev–Trinajstić information content (AvgIpc) is 4.02. The number of aromatic nitrogens is 3. The number of nitrogens with zero attached hydrogens (tertiary/aromatic N) is 4. The molecule has 13 aromatic rings. The van der Waals surface area contributed by atoms with Gasteiger partial charge in [-0.2, -0.15) is 5.26 Å². The van der Waals surface area contributed by atoms with Gasteiger partial charge in [0.05, 0.1) is 38.7 Å². The van der Waals surface area contributed by atoms with Crippen LogP contribution in [-0.2, 0) is 0 Å². The van der Waals surface area contributed by atoms with Crippen molar-refractivity contribution in [2.24, 2.45) is 0 Å². The lowest BCUT2D eigenvalue weighted by Crippen LogP contribution is -1.98. The van der Waals surface area contributed by atoms with Crippen LogP contribution in [0, 0.1) is 11.3 Å². The second kappa shape index (κ2) is 14.6. The number of hydrogen-bond acceptors (Lipinski definition) is 1. The zero-order valence-corrected chi connectivity index (χ0v) is 35.2. The minimum atomic E-state index is 0.631. The fraction of sp³-hybridized carbons (Fsp3) is 0. The number of para-hydroxylation sites is 6. The van der Waals surface area contributed by atoms with Crippen molar-refractivity contribution in [1.29, 1.82) is 5.26 Å². The second-order valence-electron chi connectivity index (χ2n) is 16.8. The first-order chi connectivity index (χ1) is 32.2. The minimum absolute atomic E-state index is 0.631. The van der Waals surface area contributed by atoms with Crippen LogP contribution in [0.3, 0.4) is 0 Å². The Morgan fingerprint density at radius 2 is 0.538 bits per heavy atom. The summed E-state index contributed by atoms with van der Waals surface area (Å²) in [6, 6.07) is 85.0. The fourth-order valence-corrected chi connectivity index (χ4v) is 10.4. The highest BCUT2D eigenvalue weighted by molar-refractivity contribution is 6.11. The quantitative estimate of drug-likeness (QED) is 0.165. The Kier molecular flexibility index (Phi) is 8.24. The molecule has 0 aliphatic carbocycles. The van der Waals surface area contributed by atoms with E-state index in [1.807, 2.05) is 0 Å². The molecule has 0 radical (unpaired) electrons. The van der Waals surface area contributed by atoms with Gasteiger partial charge in [0.25, 0.3) is 0 Å². The van der Waals surface area contributed by atoms with Gasteiger partial charge in [0.1, 0.15) is 6.07 Å². The van der Waals surface area contributed by atoms with Gasteiger partial charge < -0.3 is 13.7 Å². The lowest BCUT2D eigenvalue weighted by atomic mass is 9.88. The topological polar surface area (TPSA) is 38.6 Å². The van der Waals surface area contributed by atoms with Crippen LogP contribution >= 0.6 is 0 Å². The van der Waals surface area contributed by atoms with E-state index in [-0.39, 0.29) is 0 Å². The van der Waals surface area contributed by atoms with Gasteiger partial charge in [0.15, 0.2) is 0 Å². The molecule has 0 aliphatic heterocycles. The molecular formula is C61H38N4. The number of nitriles is 1. The van der Waals surface area contributed by atoms with Crippen molar-refractivity contribution in [3.05, 3.63) is 236 Å². The third-order valence-corrected chi connectivity index (χ3v) is 13.3. The summed E-state index contributed by atoms with van der Waals surface area (Å²) in [6.07, 6.45) is 0. The summed E-state index contributed by atoms with van der Waals surface area (Å²) in [5, 5.41) is 18.7. The Morgan fingerprint density at radius 1 is 0.262 bits per heavy atom. The Bertz CT molecular complexity index is 3760. The zero-order chi connectivity index (χ0) is 43.0. The van der Waals surface area contributed by atoms with Crippen LogP contribution in [0.1, 0.15) is 5.56 Å². The van der Waals surface area contributed by atoms with Crippen LogP contribution < -0.4 is 0 Å². The van der Waals surface area contributed by atoms with E-state index in [9.17, 15) is 5.26 Å². The van der Waals surface area contributed by atoms with Gasteiger partial charge in [-0.05, 0) is 107 Å². The molecule has 4 nitrogen and oxygen atoms in total. The summed E-state index contributed by atoms with van der Waals surface area (Å²) in [7, 11) is 0. The maximum Gasteiger partial charge on any atom is 0.100 e. The normalized spacial score (nSPS) is 11.7. The summed E-state index contributed by atoms with van der Waals surface area (Å²) in [6.45, 7) is 0. The van der Waals surface area contributed by atoms with Crippen LogP contribution in [0.4, 0.5) is 0 Å². The third-order valence-electron chi connectivity index (χ3n) is 13.3. The molecule has 10 aromatic carbocycles. The molecule has 0 aliphatic rings.